The van der Waals surface area contributed by atoms with Crippen LogP contribution in [0, 0.1) is 0 Å². The van der Waals surface area contributed by atoms with Gasteiger partial charge < -0.3 is 70.1 Å². The maximum Gasteiger partial charge on any atom is 0.407 e. The summed E-state index contributed by atoms with van der Waals surface area (Å²) in [5, 5.41) is 27.5. The molecule has 80 heavy (non-hydrogen) atoms. The Morgan fingerprint density at radius 1 is 0.487 bits per heavy atom. The van der Waals surface area contributed by atoms with E-state index in [0.717, 1.165) is 43.4 Å². The fourth-order valence-corrected chi connectivity index (χ4v) is 8.03. The van der Waals surface area contributed by atoms with Crippen LogP contribution < -0.4 is 31.9 Å². The van der Waals surface area contributed by atoms with Crippen molar-refractivity contribution in [3.05, 3.63) is 38.0 Å². The normalized spacial score (nSPS) is 11.3. The predicted octanol–water partition coefficient (Wildman–Crippen LogP) is 1.47. The molecule has 0 saturated carbocycles. The van der Waals surface area contributed by atoms with Crippen molar-refractivity contribution in [3.8, 4) is 0 Å². The monoisotopic (exact) mass is 1110 g/mol. The van der Waals surface area contributed by atoms with Crippen LogP contribution in [0.4, 0.5) is 22.2 Å². The zero-order chi connectivity index (χ0) is 57.6. The summed E-state index contributed by atoms with van der Waals surface area (Å²) in [7, 11) is 0. The lowest BCUT2D eigenvalue weighted by Gasteiger charge is -2.25. The summed E-state index contributed by atoms with van der Waals surface area (Å²) in [5.41, 5.74) is 1.69. The van der Waals surface area contributed by atoms with Gasteiger partial charge in [-0.2, -0.15) is 0 Å². The Morgan fingerprint density at radius 3 is 1.15 bits per heavy atom. The van der Waals surface area contributed by atoms with Gasteiger partial charge in [0.15, 0.2) is 34.4 Å². The summed E-state index contributed by atoms with van der Waals surface area (Å²) < 4.78 is 9.88. The summed E-state index contributed by atoms with van der Waals surface area (Å²) in [6, 6.07) is 0. The average Bonchev–Trinajstić information content (AvgIpc) is 4.15. The first-order valence-corrected chi connectivity index (χ1v) is 26.7. The topological polar surface area (TPSA) is 362 Å². The highest BCUT2D eigenvalue weighted by molar-refractivity contribution is 5.89. The third kappa shape index (κ3) is 17.8. The Balaban J connectivity index is 1.13. The molecule has 6 aromatic heterocycles. The van der Waals surface area contributed by atoms with Crippen molar-refractivity contribution in [2.24, 2.45) is 0 Å². The first-order valence-electron chi connectivity index (χ1n) is 26.7. The van der Waals surface area contributed by atoms with Crippen LogP contribution in [0.3, 0.4) is 0 Å². The summed E-state index contributed by atoms with van der Waals surface area (Å²) in [5.74, 6) is -2.67. The lowest BCUT2D eigenvalue weighted by atomic mass is 10.2. The number of fused-ring (bicyclic) bond motifs is 3. The zero-order valence-corrected chi connectivity index (χ0v) is 46.2. The minimum Gasteiger partial charge on any atom is -0.480 e. The fourth-order valence-electron chi connectivity index (χ4n) is 8.03. The predicted molar refractivity (Wildman–Crippen MR) is 294 cm³/mol. The molecule has 0 aliphatic carbocycles. The van der Waals surface area contributed by atoms with Gasteiger partial charge in [-0.15, -0.1) is 0 Å². The van der Waals surface area contributed by atoms with Gasteiger partial charge in [0.05, 0.1) is 32.1 Å². The number of unbranched alkanes of at least 4 members (excludes halogenated alkanes) is 3. The first kappa shape index (κ1) is 60.4. The second-order valence-electron chi connectivity index (χ2n) is 19.6. The van der Waals surface area contributed by atoms with Gasteiger partial charge >= 0.3 is 12.1 Å². The molecule has 0 atom stereocenters. The van der Waals surface area contributed by atoms with Crippen molar-refractivity contribution in [2.75, 3.05) is 94.5 Å². The molecule has 6 amide bonds. The number of rotatable bonds is 33. The molecule has 6 rings (SSSR count). The van der Waals surface area contributed by atoms with E-state index in [9.17, 15) is 38.7 Å². The van der Waals surface area contributed by atoms with Crippen LogP contribution in [0.1, 0.15) is 80.1 Å². The van der Waals surface area contributed by atoms with Crippen molar-refractivity contribution in [1.29, 1.82) is 0 Å². The maximum absolute atomic E-state index is 14.2. The number of ether oxygens (including phenoxy) is 1. The van der Waals surface area contributed by atoms with Crippen LogP contribution in [-0.2, 0) is 53.1 Å². The Bertz CT molecular complexity index is 3060. The number of nitrogens with one attached hydrogen (secondary N) is 6. The molecule has 30 heteroatoms. The second kappa shape index (κ2) is 29.8. The van der Waals surface area contributed by atoms with E-state index in [1.165, 1.54) is 61.5 Å². The number of aliphatic carboxylic acids is 1. The molecule has 0 spiro atoms. The Morgan fingerprint density at radius 2 is 0.825 bits per heavy atom. The van der Waals surface area contributed by atoms with E-state index in [2.05, 4.69) is 97.5 Å². The van der Waals surface area contributed by atoms with Crippen LogP contribution in [0.25, 0.3) is 33.5 Å². The van der Waals surface area contributed by atoms with Gasteiger partial charge in [-0.3, -0.25) is 28.8 Å². The van der Waals surface area contributed by atoms with Gasteiger partial charge in [-0.05, 0) is 40.0 Å². The molecule has 0 aromatic carbocycles. The Labute approximate surface area is 461 Å². The molecule has 6 aromatic rings. The van der Waals surface area contributed by atoms with Crippen molar-refractivity contribution >= 4 is 92.5 Å². The molecule has 0 fully saturated rings. The fraction of sp³-hybridized carbons (Fsp3) is 0.560. The quantitative estimate of drug-likeness (QED) is 0.0287. The number of amides is 6. The highest BCUT2D eigenvalue weighted by Gasteiger charge is 2.25. The number of carboxylic acid groups (broad SMARTS) is 1. The number of carboxylic acids is 1. The largest absolute Gasteiger partial charge is 0.480 e. The van der Waals surface area contributed by atoms with E-state index in [1.807, 2.05) is 0 Å². The molecule has 0 radical (unpaired) electrons. The standard InChI is InChI=1S/C50H73N21O9/c1-7-10-13-53-43-40-46(60-28-57-43)69(31-63-40)24-36(74)66(22-34(72)52-17-20-68(27-39(77)78)38(76)26-71-33-65-42-45(55-15-12-9-3)59-30-62-48(42)71)19-16-51-35(73)23-67(21-18-56-49(79)80-50(4,5)6)37(75)25-70-32-64-41-44(54-14-11-8-2)58-29-61-47(41)70/h28-33H,7-27H2,1-6H3,(H,51,73)(H,52,72)(H,56,79)(H,77,78)(H,53,57,60)(H,54,58,61)(H,55,59,62). The number of alkyl carbamates (subject to hydrolysis) is 1. The zero-order valence-electron chi connectivity index (χ0n) is 46.2. The highest BCUT2D eigenvalue weighted by atomic mass is 16.6. The Kier molecular flexibility index (Phi) is 22.5. The summed E-state index contributed by atoms with van der Waals surface area (Å²) in [6.07, 6.45) is 13.2. The highest BCUT2D eigenvalue weighted by Crippen LogP contribution is 2.20. The molecule has 0 aliphatic rings. The van der Waals surface area contributed by atoms with Gasteiger partial charge in [0, 0.05) is 58.9 Å². The van der Waals surface area contributed by atoms with E-state index in [0.29, 0.717) is 70.6 Å². The lowest BCUT2D eigenvalue weighted by molar-refractivity contribution is -0.144. The van der Waals surface area contributed by atoms with Crippen LogP contribution in [0.15, 0.2) is 38.0 Å². The van der Waals surface area contributed by atoms with E-state index in [1.54, 1.807) is 20.8 Å². The van der Waals surface area contributed by atoms with Crippen molar-refractivity contribution in [2.45, 2.75) is 105 Å². The van der Waals surface area contributed by atoms with E-state index in [-0.39, 0.29) is 58.9 Å². The van der Waals surface area contributed by atoms with Gasteiger partial charge in [0.25, 0.3) is 0 Å². The molecule has 432 valence electrons. The minimum absolute atomic E-state index is 0.0643. The SMILES string of the molecule is CCCCNc1ncnc2c1ncn2CC(=O)N(CCNC(=O)CN(CCNC(=O)CN(CCNC(=O)OC(C)(C)C)C(=O)Cn1cnc2c(NCCCC)ncnc21)C(=O)Cn1cnc2c(NCCCC)ncnc21)CC(=O)O. The molecule has 6 heterocycles. The third-order valence-corrected chi connectivity index (χ3v) is 12.1. The number of nitrogens with zero attached hydrogens (tertiary/aromatic N) is 15. The van der Waals surface area contributed by atoms with Crippen molar-refractivity contribution in [1.82, 2.24) is 89.2 Å². The van der Waals surface area contributed by atoms with Crippen LogP contribution in [-0.4, -0.2) is 204 Å². The summed E-state index contributed by atoms with van der Waals surface area (Å²) >= 11 is 0. The van der Waals surface area contributed by atoms with Crippen LogP contribution in [0.5, 0.6) is 0 Å². The van der Waals surface area contributed by atoms with Crippen LogP contribution >= 0.6 is 0 Å². The number of imidazole rings is 3. The number of carbonyl (C=O) groups is 7. The molecular formula is C50H73N21O9. The van der Waals surface area contributed by atoms with E-state index >= 15 is 0 Å². The number of aromatic nitrogens is 12. The number of hydrogen-bond donors (Lipinski definition) is 7. The molecule has 0 bridgehead atoms. The molecule has 30 nitrogen and oxygen atoms in total. The number of carbonyl (C=O) groups excluding carboxylic acids is 6. The minimum atomic E-state index is -1.28. The molecule has 0 saturated heterocycles. The van der Waals surface area contributed by atoms with Crippen molar-refractivity contribution in [3.63, 3.8) is 0 Å². The Hall–Kier alpha value is -8.86. The maximum atomic E-state index is 14.2. The van der Waals surface area contributed by atoms with Gasteiger partial charge in [-0.25, -0.2) is 49.7 Å². The smallest absolute Gasteiger partial charge is 0.407 e. The van der Waals surface area contributed by atoms with Crippen LogP contribution in [0.2, 0.25) is 0 Å². The second-order valence-corrected chi connectivity index (χ2v) is 19.6. The average molecular weight is 1110 g/mol. The van der Waals surface area contributed by atoms with E-state index in [4.69, 9.17) is 4.74 Å². The number of anilines is 3. The molecule has 7 N–H and O–H groups in total. The van der Waals surface area contributed by atoms with Crippen molar-refractivity contribution < 1.29 is 43.4 Å². The van der Waals surface area contributed by atoms with Gasteiger partial charge in [-0.1, -0.05) is 40.0 Å². The molecule has 0 aliphatic heterocycles. The number of hydrogen-bond acceptors (Lipinski definition) is 20. The lowest BCUT2D eigenvalue weighted by Crippen LogP contribution is -2.49. The summed E-state index contributed by atoms with van der Waals surface area (Å²) in [4.78, 5) is 136. The third-order valence-electron chi connectivity index (χ3n) is 12.1. The first-order chi connectivity index (χ1) is 38.5. The van der Waals surface area contributed by atoms with Gasteiger partial charge in [0.1, 0.15) is 67.3 Å². The van der Waals surface area contributed by atoms with Gasteiger partial charge in [0.2, 0.25) is 29.5 Å². The molecule has 0 unspecified atom stereocenters. The summed E-state index contributed by atoms with van der Waals surface area (Å²) in [6.45, 7) is 9.87. The van der Waals surface area contributed by atoms with E-state index < -0.39 is 66.8 Å². The molecular weight excluding hydrogens is 1040 g/mol.